The lowest BCUT2D eigenvalue weighted by Crippen LogP contribution is -2.30. The molecule has 0 atom stereocenters. The fourth-order valence-corrected chi connectivity index (χ4v) is 2.89. The van der Waals surface area contributed by atoms with E-state index in [1.165, 1.54) is 0 Å². The first kappa shape index (κ1) is 17.1. The summed E-state index contributed by atoms with van der Waals surface area (Å²) in [6.45, 7) is -0.218. The van der Waals surface area contributed by atoms with Crippen molar-refractivity contribution in [2.45, 2.75) is 11.3 Å². The van der Waals surface area contributed by atoms with Crippen LogP contribution in [-0.4, -0.2) is 50.5 Å². The number of halogens is 1. The number of benzene rings is 1. The maximum absolute atomic E-state index is 13.2. The van der Waals surface area contributed by atoms with Gasteiger partial charge in [0.25, 0.3) is 0 Å². The van der Waals surface area contributed by atoms with Crippen LogP contribution in [0.2, 0.25) is 0 Å². The van der Waals surface area contributed by atoms with Crippen LogP contribution in [0.3, 0.4) is 0 Å². The normalized spacial score (nSPS) is 11.4. The van der Waals surface area contributed by atoms with E-state index in [-0.39, 0.29) is 13.0 Å². The number of carbonyl (C=O) groups is 2. The van der Waals surface area contributed by atoms with Crippen LogP contribution in [0.4, 0.5) is 4.39 Å². The van der Waals surface area contributed by atoms with Crippen molar-refractivity contribution in [3.8, 4) is 0 Å². The summed E-state index contributed by atoms with van der Waals surface area (Å²) in [6.07, 6.45) is -0.204. The van der Waals surface area contributed by atoms with Gasteiger partial charge in [0, 0.05) is 13.6 Å². The molecule has 1 rings (SSSR count). The number of carboxylic acid groups (broad SMARTS) is 1. The van der Waals surface area contributed by atoms with E-state index in [4.69, 9.17) is 5.11 Å². The Hall–Kier alpha value is -2.00. The molecule has 0 aliphatic carbocycles. The lowest BCUT2D eigenvalue weighted by Gasteiger charge is -2.17. The quantitative estimate of drug-likeness (QED) is 0.775. The number of hydrogen-bond acceptors (Lipinski definition) is 5. The Bertz CT molecular complexity index is 658. The van der Waals surface area contributed by atoms with E-state index in [2.05, 4.69) is 4.74 Å². The van der Waals surface area contributed by atoms with E-state index in [1.807, 2.05) is 0 Å². The molecule has 0 aromatic heterocycles. The third-order valence-corrected chi connectivity index (χ3v) is 4.62. The molecule has 0 spiro atoms. The molecule has 1 aromatic rings. The second kappa shape index (κ2) is 6.64. The van der Waals surface area contributed by atoms with Gasteiger partial charge < -0.3 is 9.84 Å². The molecule has 0 unspecified atom stereocenters. The zero-order chi connectivity index (χ0) is 16.2. The lowest BCUT2D eigenvalue weighted by atomic mass is 10.2. The molecular formula is C12H14FNO6S. The molecule has 0 aliphatic heterocycles. The molecule has 0 radical (unpaired) electrons. The fraction of sp³-hybridized carbons (Fsp3) is 0.333. The van der Waals surface area contributed by atoms with Crippen molar-refractivity contribution in [2.75, 3.05) is 20.7 Å². The molecule has 0 fully saturated rings. The smallest absolute Gasteiger partial charge is 0.337 e. The number of carboxylic acids is 1. The third-order valence-electron chi connectivity index (χ3n) is 2.72. The minimum absolute atomic E-state index is 0.204. The van der Waals surface area contributed by atoms with Crippen molar-refractivity contribution in [3.05, 3.63) is 29.6 Å². The summed E-state index contributed by atoms with van der Waals surface area (Å²) in [5.74, 6) is -2.98. The highest BCUT2D eigenvalue weighted by atomic mass is 32.2. The Balaban J connectivity index is 3.15. The van der Waals surface area contributed by atoms with Crippen molar-refractivity contribution in [2.24, 2.45) is 0 Å². The molecule has 0 bridgehead atoms. The Morgan fingerprint density at radius 2 is 2.00 bits per heavy atom. The SMILES string of the molecule is COC(=O)CCN(C)S(=O)(=O)c1cc(F)ccc1C(=O)O. The van der Waals surface area contributed by atoms with Crippen LogP contribution >= 0.6 is 0 Å². The van der Waals surface area contributed by atoms with Gasteiger partial charge in [0.1, 0.15) is 5.82 Å². The number of rotatable bonds is 6. The van der Waals surface area contributed by atoms with Gasteiger partial charge in [-0.05, 0) is 18.2 Å². The number of hydrogen-bond donors (Lipinski definition) is 1. The molecule has 1 aromatic carbocycles. The van der Waals surface area contributed by atoms with E-state index in [9.17, 15) is 22.4 Å². The highest BCUT2D eigenvalue weighted by molar-refractivity contribution is 7.89. The number of aromatic carboxylic acids is 1. The van der Waals surface area contributed by atoms with Gasteiger partial charge in [0.05, 0.1) is 24.0 Å². The molecule has 7 nitrogen and oxygen atoms in total. The van der Waals surface area contributed by atoms with E-state index in [1.54, 1.807) is 0 Å². The number of sulfonamides is 1. The second-order valence-electron chi connectivity index (χ2n) is 4.10. The summed E-state index contributed by atoms with van der Waals surface area (Å²) in [4.78, 5) is 21.4. The highest BCUT2D eigenvalue weighted by Crippen LogP contribution is 2.21. The van der Waals surface area contributed by atoms with Crippen molar-refractivity contribution >= 4 is 22.0 Å². The number of nitrogens with zero attached hydrogens (tertiary/aromatic N) is 1. The largest absolute Gasteiger partial charge is 0.478 e. The topological polar surface area (TPSA) is 101 Å². The number of methoxy groups -OCH3 is 1. The molecule has 0 amide bonds. The Kier molecular flexibility index (Phi) is 5.39. The molecule has 116 valence electrons. The maximum atomic E-state index is 13.2. The zero-order valence-electron chi connectivity index (χ0n) is 11.4. The van der Waals surface area contributed by atoms with E-state index in [0.29, 0.717) is 6.07 Å². The van der Waals surface area contributed by atoms with Crippen LogP contribution < -0.4 is 0 Å². The minimum Gasteiger partial charge on any atom is -0.478 e. The lowest BCUT2D eigenvalue weighted by molar-refractivity contribution is -0.140. The van der Waals surface area contributed by atoms with Gasteiger partial charge in [-0.25, -0.2) is 21.9 Å². The number of ether oxygens (including phenoxy) is 1. The van der Waals surface area contributed by atoms with Crippen molar-refractivity contribution in [1.82, 2.24) is 4.31 Å². The molecule has 0 saturated carbocycles. The van der Waals surface area contributed by atoms with E-state index >= 15 is 0 Å². The average molecular weight is 319 g/mol. The molecule has 0 saturated heterocycles. The zero-order valence-corrected chi connectivity index (χ0v) is 12.2. The minimum atomic E-state index is -4.24. The van der Waals surface area contributed by atoms with Gasteiger partial charge >= 0.3 is 11.9 Å². The first-order chi connectivity index (χ1) is 9.70. The van der Waals surface area contributed by atoms with Gasteiger partial charge in [-0.3, -0.25) is 4.79 Å². The number of esters is 1. The van der Waals surface area contributed by atoms with Crippen LogP contribution in [0.5, 0.6) is 0 Å². The average Bonchev–Trinajstić information content (AvgIpc) is 2.43. The first-order valence-corrected chi connectivity index (χ1v) is 7.20. The van der Waals surface area contributed by atoms with Gasteiger partial charge in [0.15, 0.2) is 0 Å². The summed E-state index contributed by atoms with van der Waals surface area (Å²) in [5, 5.41) is 8.98. The third kappa shape index (κ3) is 3.99. The van der Waals surface area contributed by atoms with Crippen LogP contribution in [0, 0.1) is 5.82 Å². The van der Waals surface area contributed by atoms with E-state index < -0.39 is 38.2 Å². The molecule has 9 heteroatoms. The Morgan fingerprint density at radius 3 is 2.52 bits per heavy atom. The fourth-order valence-electron chi connectivity index (χ4n) is 1.53. The van der Waals surface area contributed by atoms with Gasteiger partial charge in [-0.1, -0.05) is 0 Å². The Labute approximate surface area is 121 Å². The molecular weight excluding hydrogens is 305 g/mol. The van der Waals surface area contributed by atoms with Crippen LogP contribution in [0.15, 0.2) is 23.1 Å². The van der Waals surface area contributed by atoms with Gasteiger partial charge in [-0.2, -0.15) is 0 Å². The Morgan fingerprint density at radius 1 is 1.38 bits per heavy atom. The molecule has 21 heavy (non-hydrogen) atoms. The summed E-state index contributed by atoms with van der Waals surface area (Å²) < 4.78 is 42.9. The molecule has 0 aliphatic rings. The number of carbonyl (C=O) groups excluding carboxylic acids is 1. The standard InChI is InChI=1S/C12H14FNO6S/c1-14(6-5-11(15)20-2)21(18,19)10-7-8(13)3-4-9(10)12(16)17/h3-4,7H,5-6H2,1-2H3,(H,16,17). The second-order valence-corrected chi connectivity index (χ2v) is 6.11. The molecule has 1 N–H and O–H groups in total. The monoisotopic (exact) mass is 319 g/mol. The summed E-state index contributed by atoms with van der Waals surface area (Å²) in [6, 6.07) is 2.36. The maximum Gasteiger partial charge on any atom is 0.337 e. The summed E-state index contributed by atoms with van der Waals surface area (Å²) in [5.41, 5.74) is -0.540. The predicted molar refractivity (Wildman–Crippen MR) is 69.8 cm³/mol. The highest BCUT2D eigenvalue weighted by Gasteiger charge is 2.27. The van der Waals surface area contributed by atoms with Gasteiger partial charge in [-0.15, -0.1) is 0 Å². The van der Waals surface area contributed by atoms with Crippen LogP contribution in [0.1, 0.15) is 16.8 Å². The van der Waals surface area contributed by atoms with Crippen molar-refractivity contribution in [1.29, 1.82) is 0 Å². The van der Waals surface area contributed by atoms with Crippen LogP contribution in [-0.2, 0) is 19.6 Å². The predicted octanol–water partition coefficient (Wildman–Crippen LogP) is 0.707. The first-order valence-electron chi connectivity index (χ1n) is 5.76. The van der Waals surface area contributed by atoms with E-state index in [0.717, 1.165) is 30.6 Å². The van der Waals surface area contributed by atoms with Gasteiger partial charge in [0.2, 0.25) is 10.0 Å². The summed E-state index contributed by atoms with van der Waals surface area (Å²) >= 11 is 0. The molecule has 0 heterocycles. The summed E-state index contributed by atoms with van der Waals surface area (Å²) in [7, 11) is -1.92. The van der Waals surface area contributed by atoms with Crippen molar-refractivity contribution < 1.29 is 32.2 Å². The van der Waals surface area contributed by atoms with Crippen LogP contribution in [0.25, 0.3) is 0 Å². The van der Waals surface area contributed by atoms with Crippen molar-refractivity contribution in [3.63, 3.8) is 0 Å².